The maximum atomic E-state index is 13.5. The number of alkyl halides is 3. The smallest absolute Gasteiger partial charge is 0.319 e. The lowest BCUT2D eigenvalue weighted by molar-refractivity contribution is -0.140. The van der Waals surface area contributed by atoms with E-state index in [-0.39, 0.29) is 11.4 Å². The number of amides is 1. The molecule has 3 aromatic heterocycles. The maximum absolute atomic E-state index is 13.5. The molecule has 8 heteroatoms. The highest BCUT2D eigenvalue weighted by Gasteiger charge is 2.36. The fraction of sp³-hybridized carbons (Fsp3) is 0.167. The van der Waals surface area contributed by atoms with E-state index in [2.05, 4.69) is 15.3 Å². The number of aryl methyl sites for hydroxylation is 2. The van der Waals surface area contributed by atoms with Gasteiger partial charge in [0.2, 0.25) is 0 Å². The van der Waals surface area contributed by atoms with Crippen molar-refractivity contribution in [2.75, 3.05) is 5.32 Å². The lowest BCUT2D eigenvalue weighted by Gasteiger charge is -2.14. The number of anilines is 1. The molecule has 0 radical (unpaired) electrons. The van der Waals surface area contributed by atoms with E-state index in [1.807, 2.05) is 0 Å². The third-order valence-corrected chi connectivity index (χ3v) is 4.67. The van der Waals surface area contributed by atoms with Crippen LogP contribution in [0.15, 0.2) is 42.0 Å². The summed E-state index contributed by atoms with van der Waals surface area (Å²) in [5, 5.41) is 4.03. The maximum Gasteiger partial charge on any atom is 0.435 e. The summed E-state index contributed by atoms with van der Waals surface area (Å²) in [5.74, 6) is -0.588. The number of carbonyl (C=O) groups is 1. The monoisotopic (exact) mass is 377 g/mol. The Balaban J connectivity index is 2.00. The lowest BCUT2D eigenvalue weighted by Crippen LogP contribution is -2.18. The molecule has 0 aliphatic rings. The van der Waals surface area contributed by atoms with Crippen LogP contribution in [0.4, 0.5) is 18.9 Å². The van der Waals surface area contributed by atoms with Crippen LogP contribution in [0.3, 0.4) is 0 Å². The van der Waals surface area contributed by atoms with Crippen molar-refractivity contribution in [1.29, 1.82) is 0 Å². The first-order chi connectivity index (χ1) is 12.3. The molecule has 26 heavy (non-hydrogen) atoms. The van der Waals surface area contributed by atoms with Crippen LogP contribution in [0.5, 0.6) is 0 Å². The molecular formula is C18H14F3N3OS. The van der Waals surface area contributed by atoms with E-state index >= 15 is 0 Å². The van der Waals surface area contributed by atoms with Crippen molar-refractivity contribution in [3.8, 4) is 11.3 Å². The van der Waals surface area contributed by atoms with Crippen molar-refractivity contribution in [3.63, 3.8) is 0 Å². The normalized spacial score (nSPS) is 11.4. The van der Waals surface area contributed by atoms with Crippen LogP contribution in [0.25, 0.3) is 11.3 Å². The zero-order valence-corrected chi connectivity index (χ0v) is 14.7. The highest BCUT2D eigenvalue weighted by atomic mass is 32.1. The zero-order chi connectivity index (χ0) is 18.9. The summed E-state index contributed by atoms with van der Waals surface area (Å²) >= 11 is 1.17. The van der Waals surface area contributed by atoms with Crippen molar-refractivity contribution in [1.82, 2.24) is 9.97 Å². The van der Waals surface area contributed by atoms with Gasteiger partial charge in [0.15, 0.2) is 5.69 Å². The molecule has 0 fully saturated rings. The van der Waals surface area contributed by atoms with Gasteiger partial charge in [-0.05, 0) is 54.6 Å². The van der Waals surface area contributed by atoms with Gasteiger partial charge in [0, 0.05) is 18.0 Å². The van der Waals surface area contributed by atoms with E-state index < -0.39 is 17.8 Å². The van der Waals surface area contributed by atoms with Gasteiger partial charge in [-0.15, -0.1) is 11.3 Å². The van der Waals surface area contributed by atoms with Crippen LogP contribution in [0, 0.1) is 13.8 Å². The Kier molecular flexibility index (Phi) is 4.78. The number of halogens is 3. The van der Waals surface area contributed by atoms with Gasteiger partial charge >= 0.3 is 6.18 Å². The number of aromatic nitrogens is 2. The van der Waals surface area contributed by atoms with E-state index in [1.54, 1.807) is 37.6 Å². The summed E-state index contributed by atoms with van der Waals surface area (Å²) in [4.78, 5) is 20.3. The number of hydrogen-bond acceptors (Lipinski definition) is 4. The van der Waals surface area contributed by atoms with E-state index in [1.165, 1.54) is 29.7 Å². The highest BCUT2D eigenvalue weighted by molar-refractivity contribution is 7.12. The van der Waals surface area contributed by atoms with Gasteiger partial charge in [-0.3, -0.25) is 9.78 Å². The minimum absolute atomic E-state index is 0.138. The molecule has 4 nitrogen and oxygen atoms in total. The molecule has 0 saturated heterocycles. The van der Waals surface area contributed by atoms with Gasteiger partial charge in [-0.1, -0.05) is 0 Å². The minimum atomic E-state index is -4.71. The van der Waals surface area contributed by atoms with Gasteiger partial charge in [-0.2, -0.15) is 13.2 Å². The van der Waals surface area contributed by atoms with Gasteiger partial charge in [0.05, 0.1) is 16.3 Å². The summed E-state index contributed by atoms with van der Waals surface area (Å²) in [7, 11) is 0. The Morgan fingerprint density at radius 1 is 1.15 bits per heavy atom. The molecule has 0 aliphatic carbocycles. The molecule has 1 N–H and O–H groups in total. The van der Waals surface area contributed by atoms with Gasteiger partial charge in [0.1, 0.15) is 0 Å². The quantitative estimate of drug-likeness (QED) is 0.691. The van der Waals surface area contributed by atoms with Crippen molar-refractivity contribution in [2.45, 2.75) is 20.0 Å². The molecule has 0 atom stereocenters. The van der Waals surface area contributed by atoms with Crippen LogP contribution in [0.2, 0.25) is 0 Å². The van der Waals surface area contributed by atoms with E-state index in [0.29, 0.717) is 16.0 Å². The average molecular weight is 377 g/mol. The number of carbonyl (C=O) groups excluding carboxylic acids is 1. The van der Waals surface area contributed by atoms with Crippen LogP contribution in [-0.2, 0) is 6.18 Å². The molecule has 0 aromatic carbocycles. The molecule has 3 rings (SSSR count). The minimum Gasteiger partial charge on any atom is -0.319 e. The van der Waals surface area contributed by atoms with Crippen molar-refractivity contribution < 1.29 is 18.0 Å². The third kappa shape index (κ3) is 3.75. The summed E-state index contributed by atoms with van der Waals surface area (Å²) in [5.41, 5.74) is 0.611. The van der Waals surface area contributed by atoms with Crippen LogP contribution >= 0.6 is 11.3 Å². The lowest BCUT2D eigenvalue weighted by atomic mass is 10.1. The predicted octanol–water partition coefficient (Wildman–Crippen LogP) is 5.09. The highest BCUT2D eigenvalue weighted by Crippen LogP contribution is 2.35. The standard InChI is InChI=1S/C18H14F3N3OS/c1-10-7-12(9-22-8-10)13-3-4-14(16(23-13)18(19,20)21)24-17(25)15-11(2)5-6-26-15/h3-9H,1-2H3,(H,24,25). The van der Waals surface area contributed by atoms with Crippen LogP contribution in [0.1, 0.15) is 26.5 Å². The topological polar surface area (TPSA) is 54.9 Å². The molecule has 1 amide bonds. The Morgan fingerprint density at radius 3 is 2.54 bits per heavy atom. The Labute approximate surface area is 151 Å². The second-order valence-corrected chi connectivity index (χ2v) is 6.64. The van der Waals surface area contributed by atoms with Gasteiger partial charge < -0.3 is 5.32 Å². The number of pyridine rings is 2. The third-order valence-electron chi connectivity index (χ3n) is 3.65. The number of nitrogens with zero attached hydrogens (tertiary/aromatic N) is 2. The SMILES string of the molecule is Cc1cncc(-c2ccc(NC(=O)c3sccc3C)c(C(F)(F)F)n2)c1. The molecular weight excluding hydrogens is 363 g/mol. The first kappa shape index (κ1) is 18.1. The first-order valence-electron chi connectivity index (χ1n) is 7.61. The van der Waals surface area contributed by atoms with Crippen LogP contribution < -0.4 is 5.32 Å². The zero-order valence-electron chi connectivity index (χ0n) is 13.9. The molecule has 0 bridgehead atoms. The average Bonchev–Trinajstić information content (AvgIpc) is 3.00. The fourth-order valence-electron chi connectivity index (χ4n) is 2.42. The van der Waals surface area contributed by atoms with Crippen molar-refractivity contribution >= 4 is 22.9 Å². The molecule has 0 aliphatic heterocycles. The number of thiophene rings is 1. The fourth-order valence-corrected chi connectivity index (χ4v) is 3.24. The first-order valence-corrected chi connectivity index (χ1v) is 8.49. The van der Waals surface area contributed by atoms with E-state index in [9.17, 15) is 18.0 Å². The Morgan fingerprint density at radius 2 is 1.92 bits per heavy atom. The summed E-state index contributed by atoms with van der Waals surface area (Å²) in [6, 6.07) is 6.08. The van der Waals surface area contributed by atoms with Gasteiger partial charge in [0.25, 0.3) is 5.91 Å². The second-order valence-electron chi connectivity index (χ2n) is 5.73. The molecule has 134 valence electrons. The van der Waals surface area contributed by atoms with Crippen molar-refractivity contribution in [3.05, 3.63) is 63.7 Å². The molecule has 0 spiro atoms. The summed E-state index contributed by atoms with van der Waals surface area (Å²) in [6.45, 7) is 3.52. The Bertz CT molecular complexity index is 966. The van der Waals surface area contributed by atoms with E-state index in [4.69, 9.17) is 0 Å². The Hall–Kier alpha value is -2.74. The molecule has 0 unspecified atom stereocenters. The number of nitrogens with one attached hydrogen (secondary N) is 1. The van der Waals surface area contributed by atoms with Gasteiger partial charge in [-0.25, -0.2) is 4.98 Å². The summed E-state index contributed by atoms with van der Waals surface area (Å²) < 4.78 is 40.4. The van der Waals surface area contributed by atoms with Crippen molar-refractivity contribution in [2.24, 2.45) is 0 Å². The second kappa shape index (κ2) is 6.87. The molecule has 3 heterocycles. The van der Waals surface area contributed by atoms with Crippen LogP contribution in [-0.4, -0.2) is 15.9 Å². The molecule has 0 saturated carbocycles. The number of rotatable bonds is 3. The summed E-state index contributed by atoms with van der Waals surface area (Å²) in [6.07, 6.45) is -1.66. The number of hydrogen-bond donors (Lipinski definition) is 1. The predicted molar refractivity (Wildman–Crippen MR) is 94.2 cm³/mol. The largest absolute Gasteiger partial charge is 0.435 e. The van der Waals surface area contributed by atoms with E-state index in [0.717, 1.165) is 5.56 Å². The molecule has 3 aromatic rings.